The number of aryl methyl sites for hydroxylation is 1. The van der Waals surface area contributed by atoms with Crippen LogP contribution in [0.25, 0.3) is 0 Å². The van der Waals surface area contributed by atoms with E-state index < -0.39 is 10.0 Å². The molecule has 1 aliphatic heterocycles. The second-order valence-corrected chi connectivity index (χ2v) is 9.97. The summed E-state index contributed by atoms with van der Waals surface area (Å²) in [6.07, 6.45) is 0. The van der Waals surface area contributed by atoms with Gasteiger partial charge in [0.05, 0.1) is 10.6 Å². The summed E-state index contributed by atoms with van der Waals surface area (Å²) in [5.41, 5.74) is 1.82. The number of rotatable bonds is 8. The predicted molar refractivity (Wildman–Crippen MR) is 124 cm³/mol. The van der Waals surface area contributed by atoms with Crippen molar-refractivity contribution in [2.75, 3.05) is 23.8 Å². The number of carbonyl (C=O) groups is 1. The lowest BCUT2D eigenvalue weighted by atomic mass is 10.2. The van der Waals surface area contributed by atoms with Crippen LogP contribution in [0.1, 0.15) is 15.9 Å². The highest BCUT2D eigenvalue weighted by atomic mass is 32.2. The number of carbonyl (C=O) groups excluding carboxylic acids is 1. The van der Waals surface area contributed by atoms with Crippen molar-refractivity contribution in [1.29, 1.82) is 0 Å². The monoisotopic (exact) mass is 470 g/mol. The number of fused-ring (bicyclic) bond motifs is 1. The number of nitrogens with one attached hydrogen (secondary N) is 2. The average Bonchev–Trinajstić information content (AvgIpc) is 3.25. The molecule has 0 radical (unpaired) electrons. The largest absolute Gasteiger partial charge is 0.454 e. The number of sulfonamides is 1. The molecule has 32 heavy (non-hydrogen) atoms. The van der Waals surface area contributed by atoms with Crippen molar-refractivity contribution in [3.63, 3.8) is 0 Å². The van der Waals surface area contributed by atoms with Gasteiger partial charge in [-0.05, 0) is 49.4 Å². The molecular weight excluding hydrogens is 448 g/mol. The highest BCUT2D eigenvalue weighted by molar-refractivity contribution is 7.99. The van der Waals surface area contributed by atoms with Gasteiger partial charge in [0.25, 0.3) is 15.9 Å². The Kier molecular flexibility index (Phi) is 6.57. The fraction of sp³-hybridized carbons (Fsp3) is 0.174. The van der Waals surface area contributed by atoms with Crippen LogP contribution in [0.2, 0.25) is 0 Å². The third kappa shape index (κ3) is 5.35. The van der Waals surface area contributed by atoms with Gasteiger partial charge in [-0.15, -0.1) is 11.8 Å². The van der Waals surface area contributed by atoms with Crippen LogP contribution >= 0.6 is 11.8 Å². The maximum Gasteiger partial charge on any atom is 0.261 e. The van der Waals surface area contributed by atoms with Crippen molar-refractivity contribution >= 4 is 33.4 Å². The molecule has 0 spiro atoms. The van der Waals surface area contributed by atoms with E-state index in [1.807, 2.05) is 31.2 Å². The Labute approximate surface area is 191 Å². The number of hydrogen-bond acceptors (Lipinski definition) is 6. The topological polar surface area (TPSA) is 93.7 Å². The molecule has 0 atom stereocenters. The molecule has 7 nitrogen and oxygen atoms in total. The molecule has 1 amide bonds. The number of benzene rings is 3. The zero-order chi connectivity index (χ0) is 22.6. The number of anilines is 1. The van der Waals surface area contributed by atoms with Crippen LogP contribution in [0.15, 0.2) is 76.5 Å². The van der Waals surface area contributed by atoms with Crippen LogP contribution in [0.3, 0.4) is 0 Å². The van der Waals surface area contributed by atoms with E-state index in [0.29, 0.717) is 29.5 Å². The Morgan fingerprint density at radius 1 is 1.00 bits per heavy atom. The predicted octanol–water partition coefficient (Wildman–Crippen LogP) is 4.05. The lowest BCUT2D eigenvalue weighted by Crippen LogP contribution is -2.26. The first kappa shape index (κ1) is 22.0. The minimum atomic E-state index is -3.88. The summed E-state index contributed by atoms with van der Waals surface area (Å²) in [6, 6.07) is 18.9. The molecule has 0 aromatic heterocycles. The second-order valence-electron chi connectivity index (χ2n) is 7.12. The lowest BCUT2D eigenvalue weighted by molar-refractivity contribution is 0.0956. The van der Waals surface area contributed by atoms with Gasteiger partial charge in [0.2, 0.25) is 6.79 Å². The second kappa shape index (κ2) is 9.54. The fourth-order valence-corrected chi connectivity index (χ4v) is 4.91. The first-order valence-electron chi connectivity index (χ1n) is 9.91. The van der Waals surface area contributed by atoms with E-state index in [-0.39, 0.29) is 23.2 Å². The van der Waals surface area contributed by atoms with Gasteiger partial charge < -0.3 is 14.8 Å². The molecule has 0 saturated heterocycles. The molecule has 0 fully saturated rings. The summed E-state index contributed by atoms with van der Waals surface area (Å²) >= 11 is 1.64. The maximum absolute atomic E-state index is 12.8. The molecule has 0 unspecified atom stereocenters. The lowest BCUT2D eigenvalue weighted by Gasteiger charge is -2.10. The minimum absolute atomic E-state index is 0.00292. The summed E-state index contributed by atoms with van der Waals surface area (Å²) in [7, 11) is -3.88. The Hall–Kier alpha value is -3.17. The van der Waals surface area contributed by atoms with Crippen molar-refractivity contribution in [3.8, 4) is 11.5 Å². The van der Waals surface area contributed by atoms with Crippen LogP contribution in [0.5, 0.6) is 11.5 Å². The molecule has 3 aromatic carbocycles. The summed E-state index contributed by atoms with van der Waals surface area (Å²) in [4.78, 5) is 13.6. The van der Waals surface area contributed by atoms with Gasteiger partial charge >= 0.3 is 0 Å². The standard InChI is InChI=1S/C23H22N2O5S2/c1-16-5-8-19(9-6-16)31-12-11-24-23(26)17-3-2-4-20(13-17)32(27,28)25-18-7-10-21-22(14-18)30-15-29-21/h2-10,13-14,25H,11-12,15H2,1H3,(H,24,26). The molecule has 9 heteroatoms. The zero-order valence-electron chi connectivity index (χ0n) is 17.3. The average molecular weight is 471 g/mol. The van der Waals surface area contributed by atoms with E-state index in [1.54, 1.807) is 42.1 Å². The molecule has 1 aliphatic rings. The molecule has 2 N–H and O–H groups in total. The normalized spacial score (nSPS) is 12.4. The molecule has 0 saturated carbocycles. The molecule has 0 aliphatic carbocycles. The van der Waals surface area contributed by atoms with Gasteiger partial charge in [-0.3, -0.25) is 9.52 Å². The third-order valence-corrected chi connectivity index (χ3v) is 7.10. The fourth-order valence-electron chi connectivity index (χ4n) is 3.05. The van der Waals surface area contributed by atoms with Gasteiger partial charge in [-0.25, -0.2) is 8.42 Å². The Morgan fingerprint density at radius 2 is 1.78 bits per heavy atom. The van der Waals surface area contributed by atoms with Gasteiger partial charge in [-0.1, -0.05) is 23.8 Å². The van der Waals surface area contributed by atoms with Crippen LogP contribution in [0.4, 0.5) is 5.69 Å². The van der Waals surface area contributed by atoms with Crippen molar-refractivity contribution in [3.05, 3.63) is 77.9 Å². The quantitative estimate of drug-likeness (QED) is 0.381. The minimum Gasteiger partial charge on any atom is -0.454 e. The van der Waals surface area contributed by atoms with E-state index in [1.165, 1.54) is 17.7 Å². The molecule has 0 bridgehead atoms. The summed E-state index contributed by atoms with van der Waals surface area (Å²) in [5, 5.41) is 2.83. The highest BCUT2D eigenvalue weighted by Gasteiger charge is 2.19. The van der Waals surface area contributed by atoms with Crippen molar-refractivity contribution < 1.29 is 22.7 Å². The van der Waals surface area contributed by atoms with E-state index >= 15 is 0 Å². The van der Waals surface area contributed by atoms with Crippen LogP contribution < -0.4 is 19.5 Å². The molecule has 3 aromatic rings. The Balaban J connectivity index is 1.36. The van der Waals surface area contributed by atoms with E-state index in [2.05, 4.69) is 10.0 Å². The van der Waals surface area contributed by atoms with Gasteiger partial charge in [0.1, 0.15) is 0 Å². The van der Waals surface area contributed by atoms with Crippen LogP contribution in [0, 0.1) is 6.92 Å². The third-order valence-electron chi connectivity index (χ3n) is 4.71. The first-order chi connectivity index (χ1) is 15.4. The van der Waals surface area contributed by atoms with Crippen molar-refractivity contribution in [1.82, 2.24) is 5.32 Å². The Bertz CT molecular complexity index is 1230. The molecule has 166 valence electrons. The first-order valence-corrected chi connectivity index (χ1v) is 12.4. The van der Waals surface area contributed by atoms with Gasteiger partial charge in [-0.2, -0.15) is 0 Å². The number of amides is 1. The van der Waals surface area contributed by atoms with Gasteiger partial charge in [0.15, 0.2) is 11.5 Å². The number of hydrogen-bond donors (Lipinski definition) is 2. The van der Waals surface area contributed by atoms with E-state index in [4.69, 9.17) is 9.47 Å². The summed E-state index contributed by atoms with van der Waals surface area (Å²) in [5.74, 6) is 1.42. The maximum atomic E-state index is 12.8. The molecule has 1 heterocycles. The van der Waals surface area contributed by atoms with E-state index in [0.717, 1.165) is 4.90 Å². The summed E-state index contributed by atoms with van der Waals surface area (Å²) in [6.45, 7) is 2.60. The SMILES string of the molecule is Cc1ccc(SCCNC(=O)c2cccc(S(=O)(=O)Nc3ccc4c(c3)OCO4)c2)cc1. The van der Waals surface area contributed by atoms with Crippen molar-refractivity contribution in [2.24, 2.45) is 0 Å². The summed E-state index contributed by atoms with van der Waals surface area (Å²) < 4.78 is 38.6. The van der Waals surface area contributed by atoms with Crippen molar-refractivity contribution in [2.45, 2.75) is 16.7 Å². The smallest absolute Gasteiger partial charge is 0.261 e. The molecular formula is C23H22N2O5S2. The highest BCUT2D eigenvalue weighted by Crippen LogP contribution is 2.34. The number of ether oxygens (including phenoxy) is 2. The van der Waals surface area contributed by atoms with E-state index in [9.17, 15) is 13.2 Å². The number of thioether (sulfide) groups is 1. The Morgan fingerprint density at radius 3 is 2.59 bits per heavy atom. The van der Waals surface area contributed by atoms with Crippen LogP contribution in [-0.4, -0.2) is 33.4 Å². The van der Waals surface area contributed by atoms with Gasteiger partial charge in [0, 0.05) is 28.8 Å². The molecule has 4 rings (SSSR count). The zero-order valence-corrected chi connectivity index (χ0v) is 19.0. The van der Waals surface area contributed by atoms with Crippen LogP contribution in [-0.2, 0) is 10.0 Å².